The molecule has 0 saturated heterocycles. The van der Waals surface area contributed by atoms with E-state index in [9.17, 15) is 4.79 Å². The summed E-state index contributed by atoms with van der Waals surface area (Å²) >= 11 is 4.45. The van der Waals surface area contributed by atoms with Crippen LogP contribution in [0.25, 0.3) is 0 Å². The lowest BCUT2D eigenvalue weighted by atomic mass is 9.88. The third-order valence-electron chi connectivity index (χ3n) is 3.52. The molecule has 1 saturated carbocycles. The molecular formula is C11H18N2OS. The minimum atomic E-state index is 0.0862. The van der Waals surface area contributed by atoms with Crippen molar-refractivity contribution in [2.75, 3.05) is 5.75 Å². The number of hydrogen-bond acceptors (Lipinski definition) is 2. The normalized spacial score (nSPS) is 19.6. The van der Waals surface area contributed by atoms with Gasteiger partial charge >= 0.3 is 5.69 Å². The summed E-state index contributed by atoms with van der Waals surface area (Å²) in [6, 6.07) is 0. The second kappa shape index (κ2) is 4.08. The van der Waals surface area contributed by atoms with Crippen molar-refractivity contribution in [3.8, 4) is 0 Å². The molecule has 1 fully saturated rings. The minimum absolute atomic E-state index is 0.0862. The average molecular weight is 226 g/mol. The Hall–Kier alpha value is -0.640. The first-order valence-electron chi connectivity index (χ1n) is 5.49. The molecule has 1 aliphatic carbocycles. The van der Waals surface area contributed by atoms with Crippen LogP contribution in [0.3, 0.4) is 0 Å². The molecule has 0 unspecified atom stereocenters. The van der Waals surface area contributed by atoms with E-state index < -0.39 is 0 Å². The van der Waals surface area contributed by atoms with E-state index in [1.807, 2.05) is 17.0 Å². The smallest absolute Gasteiger partial charge is 0.302 e. The largest absolute Gasteiger partial charge is 0.327 e. The summed E-state index contributed by atoms with van der Waals surface area (Å²) in [4.78, 5) is 11.7. The molecule has 0 amide bonds. The van der Waals surface area contributed by atoms with Crippen LogP contribution >= 0.6 is 12.6 Å². The molecule has 0 bridgehead atoms. The van der Waals surface area contributed by atoms with E-state index in [0.29, 0.717) is 0 Å². The van der Waals surface area contributed by atoms with Crippen LogP contribution in [0.2, 0.25) is 0 Å². The van der Waals surface area contributed by atoms with Crippen LogP contribution in [-0.4, -0.2) is 14.9 Å². The summed E-state index contributed by atoms with van der Waals surface area (Å²) in [5.74, 6) is 0.883. The molecule has 1 aromatic heterocycles. The highest BCUT2D eigenvalue weighted by atomic mass is 32.1. The highest BCUT2D eigenvalue weighted by molar-refractivity contribution is 7.80. The van der Waals surface area contributed by atoms with Gasteiger partial charge in [-0.3, -0.25) is 4.57 Å². The van der Waals surface area contributed by atoms with E-state index in [1.165, 1.54) is 25.7 Å². The Balaban J connectivity index is 2.20. The number of aromatic nitrogens is 2. The molecule has 0 aliphatic heterocycles. The molecule has 4 heteroatoms. The number of rotatable bonds is 3. The molecule has 0 radical (unpaired) electrons. The van der Waals surface area contributed by atoms with Gasteiger partial charge in [0.25, 0.3) is 0 Å². The van der Waals surface area contributed by atoms with Crippen LogP contribution in [0.15, 0.2) is 17.2 Å². The molecule has 15 heavy (non-hydrogen) atoms. The lowest BCUT2D eigenvalue weighted by Crippen LogP contribution is -2.32. The summed E-state index contributed by atoms with van der Waals surface area (Å²) in [6.45, 7) is 0.830. The van der Waals surface area contributed by atoms with Gasteiger partial charge in [0.15, 0.2) is 0 Å². The first-order valence-corrected chi connectivity index (χ1v) is 6.13. The van der Waals surface area contributed by atoms with Gasteiger partial charge in [0.2, 0.25) is 0 Å². The predicted octanol–water partition coefficient (Wildman–Crippen LogP) is 1.68. The Morgan fingerprint density at radius 3 is 2.53 bits per heavy atom. The molecule has 1 aliphatic rings. The third kappa shape index (κ3) is 2.00. The van der Waals surface area contributed by atoms with Crippen molar-refractivity contribution in [3.63, 3.8) is 0 Å². The zero-order valence-electron chi connectivity index (χ0n) is 9.15. The topological polar surface area (TPSA) is 26.9 Å². The Kier molecular flexibility index (Phi) is 2.96. The molecule has 84 valence electrons. The van der Waals surface area contributed by atoms with E-state index in [-0.39, 0.29) is 11.1 Å². The van der Waals surface area contributed by atoms with Crippen LogP contribution in [-0.2, 0) is 13.6 Å². The van der Waals surface area contributed by atoms with E-state index >= 15 is 0 Å². The Labute approximate surface area is 95.5 Å². The van der Waals surface area contributed by atoms with Crippen LogP contribution in [0.5, 0.6) is 0 Å². The van der Waals surface area contributed by atoms with Crippen molar-refractivity contribution in [1.82, 2.24) is 9.13 Å². The summed E-state index contributed by atoms with van der Waals surface area (Å²) in [5.41, 5.74) is 0.344. The predicted molar refractivity (Wildman–Crippen MR) is 64.4 cm³/mol. The fourth-order valence-corrected chi connectivity index (χ4v) is 2.90. The summed E-state index contributed by atoms with van der Waals surface area (Å²) < 4.78 is 3.45. The second-order valence-electron chi connectivity index (χ2n) is 4.68. The quantitative estimate of drug-likeness (QED) is 0.780. The lowest BCUT2D eigenvalue weighted by molar-refractivity contribution is 0.286. The van der Waals surface area contributed by atoms with Crippen molar-refractivity contribution in [2.24, 2.45) is 12.5 Å². The third-order valence-corrected chi connectivity index (χ3v) is 4.19. The Bertz CT molecular complexity index is 388. The molecule has 3 nitrogen and oxygen atoms in total. The van der Waals surface area contributed by atoms with E-state index in [1.54, 1.807) is 11.6 Å². The van der Waals surface area contributed by atoms with Crippen LogP contribution in [0, 0.1) is 5.41 Å². The van der Waals surface area contributed by atoms with E-state index in [2.05, 4.69) is 12.6 Å². The Morgan fingerprint density at radius 1 is 1.40 bits per heavy atom. The van der Waals surface area contributed by atoms with Crippen LogP contribution < -0.4 is 5.69 Å². The van der Waals surface area contributed by atoms with Crippen LogP contribution in [0.4, 0.5) is 0 Å². The van der Waals surface area contributed by atoms with E-state index in [0.717, 1.165) is 12.3 Å². The van der Waals surface area contributed by atoms with Gasteiger partial charge in [-0.15, -0.1) is 0 Å². The molecule has 1 aromatic rings. The summed E-state index contributed by atoms with van der Waals surface area (Å²) in [7, 11) is 1.79. The maximum Gasteiger partial charge on any atom is 0.327 e. The number of thiol groups is 1. The first-order chi connectivity index (χ1) is 7.17. The van der Waals surface area contributed by atoms with Gasteiger partial charge < -0.3 is 4.57 Å². The van der Waals surface area contributed by atoms with Crippen molar-refractivity contribution < 1.29 is 0 Å². The number of aryl methyl sites for hydroxylation is 1. The van der Waals surface area contributed by atoms with Crippen LogP contribution in [0.1, 0.15) is 25.7 Å². The zero-order valence-corrected chi connectivity index (χ0v) is 10.0. The number of imidazole rings is 1. The van der Waals surface area contributed by atoms with Crippen molar-refractivity contribution in [1.29, 1.82) is 0 Å². The highest BCUT2D eigenvalue weighted by Crippen LogP contribution is 2.40. The van der Waals surface area contributed by atoms with Gasteiger partial charge in [-0.25, -0.2) is 4.79 Å². The first kappa shape index (κ1) is 10.9. The maximum absolute atomic E-state index is 11.7. The standard InChI is InChI=1S/C11H18N2OS/c1-12-6-7-13(10(12)14)8-11(9-15)4-2-3-5-11/h6-7,15H,2-5,8-9H2,1H3. The lowest BCUT2D eigenvalue weighted by Gasteiger charge is -2.26. The number of nitrogens with zero attached hydrogens (tertiary/aromatic N) is 2. The van der Waals surface area contributed by atoms with Gasteiger partial charge in [0.1, 0.15) is 0 Å². The summed E-state index contributed by atoms with van der Waals surface area (Å²) in [6.07, 6.45) is 8.68. The SMILES string of the molecule is Cn1ccn(CC2(CS)CCCC2)c1=O. The molecule has 0 atom stereocenters. The van der Waals surface area contributed by atoms with Gasteiger partial charge in [-0.05, 0) is 24.0 Å². The average Bonchev–Trinajstić information content (AvgIpc) is 2.82. The van der Waals surface area contributed by atoms with Gasteiger partial charge in [0, 0.05) is 26.0 Å². The van der Waals surface area contributed by atoms with Gasteiger partial charge in [0.05, 0.1) is 0 Å². The molecule has 0 N–H and O–H groups in total. The minimum Gasteiger partial charge on any atom is -0.302 e. The van der Waals surface area contributed by atoms with E-state index in [4.69, 9.17) is 0 Å². The zero-order chi connectivity index (χ0) is 10.9. The van der Waals surface area contributed by atoms with Gasteiger partial charge in [-0.2, -0.15) is 12.6 Å². The fraction of sp³-hybridized carbons (Fsp3) is 0.727. The summed E-state index contributed by atoms with van der Waals surface area (Å²) in [5, 5.41) is 0. The Morgan fingerprint density at radius 2 is 2.07 bits per heavy atom. The van der Waals surface area contributed by atoms with Crippen molar-refractivity contribution in [3.05, 3.63) is 22.9 Å². The monoisotopic (exact) mass is 226 g/mol. The molecular weight excluding hydrogens is 208 g/mol. The highest BCUT2D eigenvalue weighted by Gasteiger charge is 2.33. The van der Waals surface area contributed by atoms with Crippen molar-refractivity contribution in [2.45, 2.75) is 32.2 Å². The number of hydrogen-bond donors (Lipinski definition) is 1. The molecule has 0 aromatic carbocycles. The molecule has 1 heterocycles. The fourth-order valence-electron chi connectivity index (χ4n) is 2.48. The van der Waals surface area contributed by atoms with Gasteiger partial charge in [-0.1, -0.05) is 12.8 Å². The molecule has 2 rings (SSSR count). The maximum atomic E-state index is 11.7. The second-order valence-corrected chi connectivity index (χ2v) is 5.00. The molecule has 0 spiro atoms. The van der Waals surface area contributed by atoms with Crippen molar-refractivity contribution >= 4 is 12.6 Å².